The lowest BCUT2D eigenvalue weighted by Gasteiger charge is -2.11. The second-order valence-electron chi connectivity index (χ2n) is 5.19. The first-order chi connectivity index (χ1) is 13.1. The molecule has 0 amide bonds. The van der Waals surface area contributed by atoms with Gasteiger partial charge in [0.05, 0.1) is 27.5 Å². The van der Waals surface area contributed by atoms with E-state index in [2.05, 4.69) is 36.1 Å². The summed E-state index contributed by atoms with van der Waals surface area (Å²) in [5.41, 5.74) is 3.51. The summed E-state index contributed by atoms with van der Waals surface area (Å²) in [7, 11) is 4.71. The van der Waals surface area contributed by atoms with Crippen LogP contribution < -0.4 is 30.3 Å². The average molecular weight is 375 g/mol. The van der Waals surface area contributed by atoms with Crippen LogP contribution in [0.5, 0.6) is 17.2 Å². The van der Waals surface area contributed by atoms with Gasteiger partial charge in [0, 0.05) is 24.7 Å². The van der Waals surface area contributed by atoms with Crippen LogP contribution in [0.1, 0.15) is 19.4 Å². The van der Waals surface area contributed by atoms with E-state index in [4.69, 9.17) is 14.2 Å². The number of aromatic nitrogens is 3. The summed E-state index contributed by atoms with van der Waals surface area (Å²) in [5.74, 6) is 2.98. The van der Waals surface area contributed by atoms with E-state index in [0.717, 1.165) is 0 Å². The van der Waals surface area contributed by atoms with E-state index in [0.29, 0.717) is 53.7 Å². The van der Waals surface area contributed by atoms with Gasteiger partial charge in [0.1, 0.15) is 5.75 Å². The lowest BCUT2D eigenvalue weighted by Crippen LogP contribution is -2.10. The average Bonchev–Trinajstić information content (AvgIpc) is 2.68. The van der Waals surface area contributed by atoms with Crippen molar-refractivity contribution in [1.29, 1.82) is 0 Å². The van der Waals surface area contributed by atoms with Crippen LogP contribution in [0.25, 0.3) is 0 Å². The quantitative estimate of drug-likeness (QED) is 0.424. The fourth-order valence-corrected chi connectivity index (χ4v) is 2.21. The molecule has 10 heteroatoms. The van der Waals surface area contributed by atoms with Gasteiger partial charge in [0.25, 0.3) is 0 Å². The van der Waals surface area contributed by atoms with E-state index >= 15 is 0 Å². The number of benzene rings is 1. The van der Waals surface area contributed by atoms with Gasteiger partial charge in [-0.05, 0) is 19.9 Å². The van der Waals surface area contributed by atoms with Crippen LogP contribution >= 0.6 is 0 Å². The first kappa shape index (κ1) is 20.0. The summed E-state index contributed by atoms with van der Waals surface area (Å²) in [5, 5.41) is 10.3. The van der Waals surface area contributed by atoms with Crippen molar-refractivity contribution in [1.82, 2.24) is 15.0 Å². The second kappa shape index (κ2) is 10.00. The largest absolute Gasteiger partial charge is 0.496 e. The molecule has 0 saturated heterocycles. The van der Waals surface area contributed by atoms with Gasteiger partial charge in [-0.15, -0.1) is 0 Å². The molecule has 0 bridgehead atoms. The van der Waals surface area contributed by atoms with Crippen LogP contribution in [-0.2, 0) is 0 Å². The molecular formula is C17H25N7O3. The predicted molar refractivity (Wildman–Crippen MR) is 105 cm³/mol. The minimum absolute atomic E-state index is 0.313. The zero-order valence-electron chi connectivity index (χ0n) is 16.2. The number of anilines is 3. The van der Waals surface area contributed by atoms with Gasteiger partial charge in [-0.3, -0.25) is 0 Å². The maximum Gasteiger partial charge on any atom is 0.250 e. The molecule has 0 spiro atoms. The number of nitrogens with one attached hydrogen (secondary N) is 3. The molecule has 3 N–H and O–H groups in total. The molecule has 0 radical (unpaired) electrons. The molecule has 0 saturated carbocycles. The molecule has 2 rings (SSSR count). The van der Waals surface area contributed by atoms with Crippen molar-refractivity contribution in [3.63, 3.8) is 0 Å². The zero-order chi connectivity index (χ0) is 19.6. The number of hydrazone groups is 1. The highest BCUT2D eigenvalue weighted by atomic mass is 16.5. The van der Waals surface area contributed by atoms with Crippen LogP contribution in [0, 0.1) is 0 Å². The monoisotopic (exact) mass is 375 g/mol. The lowest BCUT2D eigenvalue weighted by atomic mass is 10.2. The highest BCUT2D eigenvalue weighted by Crippen LogP contribution is 2.33. The predicted octanol–water partition coefficient (Wildman–Crippen LogP) is 2.21. The number of hydrogen-bond acceptors (Lipinski definition) is 10. The highest BCUT2D eigenvalue weighted by molar-refractivity contribution is 5.85. The number of nitrogens with zero attached hydrogens (tertiary/aromatic N) is 4. The Morgan fingerprint density at radius 2 is 1.33 bits per heavy atom. The number of ether oxygens (including phenoxy) is 3. The van der Waals surface area contributed by atoms with Crippen LogP contribution in [0.15, 0.2) is 17.2 Å². The van der Waals surface area contributed by atoms with E-state index < -0.39 is 0 Å². The van der Waals surface area contributed by atoms with E-state index in [9.17, 15) is 0 Å². The van der Waals surface area contributed by atoms with Crippen LogP contribution in [0.2, 0.25) is 0 Å². The van der Waals surface area contributed by atoms with Crippen molar-refractivity contribution in [2.45, 2.75) is 13.8 Å². The molecule has 0 atom stereocenters. The topological polar surface area (TPSA) is 115 Å². The minimum Gasteiger partial charge on any atom is -0.496 e. The summed E-state index contributed by atoms with van der Waals surface area (Å²) in [4.78, 5) is 12.8. The van der Waals surface area contributed by atoms with Crippen molar-refractivity contribution in [3.8, 4) is 17.2 Å². The summed E-state index contributed by atoms with van der Waals surface area (Å²) < 4.78 is 16.0. The van der Waals surface area contributed by atoms with Gasteiger partial charge >= 0.3 is 0 Å². The van der Waals surface area contributed by atoms with E-state index in [-0.39, 0.29) is 0 Å². The number of hydrogen-bond donors (Lipinski definition) is 3. The molecule has 0 aliphatic carbocycles. The molecule has 0 aliphatic heterocycles. The standard InChI is InChI=1S/C17H25N7O3/c1-6-18-15-21-16(19-7-2)23-17(22-15)24-20-10-11-8-13(26-4)14(27-5)9-12(11)25-3/h8-10H,6-7H2,1-5H3,(H3,18,19,21,22,23,24)/b20-10+. The molecular weight excluding hydrogens is 350 g/mol. The maximum absolute atomic E-state index is 5.38. The third kappa shape index (κ3) is 5.33. The maximum atomic E-state index is 5.38. The molecule has 2 aromatic rings. The Morgan fingerprint density at radius 3 is 1.85 bits per heavy atom. The Morgan fingerprint density at radius 1 is 0.815 bits per heavy atom. The molecule has 1 heterocycles. The summed E-state index contributed by atoms with van der Waals surface area (Å²) in [6.07, 6.45) is 1.59. The summed E-state index contributed by atoms with van der Waals surface area (Å²) >= 11 is 0. The van der Waals surface area contributed by atoms with Gasteiger partial charge in [-0.25, -0.2) is 5.43 Å². The van der Waals surface area contributed by atoms with Gasteiger partial charge in [0.15, 0.2) is 11.5 Å². The van der Waals surface area contributed by atoms with Crippen LogP contribution in [0.4, 0.5) is 17.8 Å². The third-order valence-electron chi connectivity index (χ3n) is 3.41. The van der Waals surface area contributed by atoms with Gasteiger partial charge in [0.2, 0.25) is 17.8 Å². The lowest BCUT2D eigenvalue weighted by molar-refractivity contribution is 0.349. The smallest absolute Gasteiger partial charge is 0.250 e. The fourth-order valence-electron chi connectivity index (χ4n) is 2.21. The second-order valence-corrected chi connectivity index (χ2v) is 5.19. The SMILES string of the molecule is CCNc1nc(NCC)nc(N/N=C/c2cc(OC)c(OC)cc2OC)n1. The Labute approximate surface area is 158 Å². The fraction of sp³-hybridized carbons (Fsp3) is 0.412. The highest BCUT2D eigenvalue weighted by Gasteiger charge is 2.10. The van der Waals surface area contributed by atoms with Gasteiger partial charge in [-0.1, -0.05) is 0 Å². The van der Waals surface area contributed by atoms with Gasteiger partial charge < -0.3 is 24.8 Å². The Hall–Kier alpha value is -3.30. The van der Waals surface area contributed by atoms with Crippen LogP contribution in [0.3, 0.4) is 0 Å². The van der Waals surface area contributed by atoms with Crippen molar-refractivity contribution in [3.05, 3.63) is 17.7 Å². The van der Waals surface area contributed by atoms with E-state index in [1.165, 1.54) is 0 Å². The van der Waals surface area contributed by atoms with Crippen molar-refractivity contribution < 1.29 is 14.2 Å². The first-order valence-corrected chi connectivity index (χ1v) is 8.48. The first-order valence-electron chi connectivity index (χ1n) is 8.48. The van der Waals surface area contributed by atoms with Crippen LogP contribution in [-0.4, -0.2) is 55.6 Å². The summed E-state index contributed by atoms with van der Waals surface area (Å²) in [6, 6.07) is 3.50. The van der Waals surface area contributed by atoms with Gasteiger partial charge in [-0.2, -0.15) is 20.1 Å². The molecule has 1 aromatic heterocycles. The van der Waals surface area contributed by atoms with E-state index in [1.54, 1.807) is 39.7 Å². The van der Waals surface area contributed by atoms with E-state index in [1.807, 2.05) is 13.8 Å². The molecule has 0 unspecified atom stereocenters. The summed E-state index contributed by atoms with van der Waals surface area (Å²) in [6.45, 7) is 5.32. The molecule has 146 valence electrons. The number of rotatable bonds is 10. The van der Waals surface area contributed by atoms with Crippen molar-refractivity contribution in [2.24, 2.45) is 5.10 Å². The van der Waals surface area contributed by atoms with Crippen molar-refractivity contribution in [2.75, 3.05) is 50.5 Å². The zero-order valence-corrected chi connectivity index (χ0v) is 16.2. The molecule has 0 fully saturated rings. The third-order valence-corrected chi connectivity index (χ3v) is 3.41. The molecule has 1 aromatic carbocycles. The Balaban J connectivity index is 2.24. The molecule has 0 aliphatic rings. The Kier molecular flexibility index (Phi) is 7.41. The number of methoxy groups -OCH3 is 3. The van der Waals surface area contributed by atoms with Crippen molar-refractivity contribution >= 4 is 24.1 Å². The molecule has 27 heavy (non-hydrogen) atoms. The minimum atomic E-state index is 0.313. The normalized spacial score (nSPS) is 10.6. The Bertz CT molecular complexity index is 759. The molecule has 10 nitrogen and oxygen atoms in total.